The number of guanidine groups is 1. The minimum absolute atomic E-state index is 0.145. The maximum absolute atomic E-state index is 12.2. The van der Waals surface area contributed by atoms with E-state index in [0.717, 1.165) is 5.69 Å². The number of carbonyl (C=O) groups excluding carboxylic acids is 1. The van der Waals surface area contributed by atoms with Gasteiger partial charge in [-0.25, -0.2) is 0 Å². The summed E-state index contributed by atoms with van der Waals surface area (Å²) in [5, 5.41) is 9.19. The molecule has 29 heavy (non-hydrogen) atoms. The van der Waals surface area contributed by atoms with E-state index in [9.17, 15) is 4.79 Å². The molecule has 0 heterocycles. The number of amides is 1. The van der Waals surface area contributed by atoms with Crippen LogP contribution in [-0.4, -0.2) is 52.8 Å². The fraction of sp³-hybridized carbons (Fsp3) is 0.333. The van der Waals surface area contributed by atoms with Crippen molar-refractivity contribution in [1.82, 2.24) is 10.6 Å². The normalized spacial score (nSPS) is 10.8. The number of hydrogen-bond acceptors (Lipinski definition) is 5. The number of ether oxygens (including phenoxy) is 3. The van der Waals surface area contributed by atoms with Crippen molar-refractivity contribution in [2.75, 3.05) is 46.3 Å². The van der Waals surface area contributed by atoms with Crippen LogP contribution in [0, 0.1) is 0 Å². The van der Waals surface area contributed by atoms with Crippen LogP contribution >= 0.6 is 0 Å². The topological polar surface area (TPSA) is 93.2 Å². The van der Waals surface area contributed by atoms with E-state index < -0.39 is 0 Å². The summed E-state index contributed by atoms with van der Waals surface area (Å²) in [6.45, 7) is 3.44. The Bertz CT molecular complexity index is 822. The molecule has 0 aliphatic carbocycles. The summed E-state index contributed by atoms with van der Waals surface area (Å²) in [5.41, 5.74) is 1.38. The Labute approximate surface area is 171 Å². The van der Waals surface area contributed by atoms with Crippen LogP contribution in [0.1, 0.15) is 17.3 Å². The molecule has 8 nitrogen and oxygen atoms in total. The van der Waals surface area contributed by atoms with Crippen LogP contribution in [0.25, 0.3) is 0 Å². The fourth-order valence-electron chi connectivity index (χ4n) is 2.54. The molecule has 0 radical (unpaired) electrons. The zero-order valence-corrected chi connectivity index (χ0v) is 17.2. The Kier molecular flexibility index (Phi) is 8.62. The quantitative estimate of drug-likeness (QED) is 0.340. The largest absolute Gasteiger partial charge is 0.497 e. The predicted octanol–water partition coefficient (Wildman–Crippen LogP) is 2.52. The summed E-state index contributed by atoms with van der Waals surface area (Å²) in [7, 11) is 4.86. The molecule has 2 rings (SSSR count). The van der Waals surface area contributed by atoms with E-state index in [0.29, 0.717) is 48.5 Å². The number of rotatable bonds is 9. The van der Waals surface area contributed by atoms with Crippen molar-refractivity contribution in [3.8, 4) is 17.2 Å². The van der Waals surface area contributed by atoms with E-state index in [1.54, 1.807) is 45.5 Å². The van der Waals surface area contributed by atoms with Gasteiger partial charge in [0.15, 0.2) is 17.5 Å². The van der Waals surface area contributed by atoms with Crippen LogP contribution in [0.3, 0.4) is 0 Å². The van der Waals surface area contributed by atoms with Crippen LogP contribution in [0.2, 0.25) is 0 Å². The van der Waals surface area contributed by atoms with Crippen molar-refractivity contribution in [3.63, 3.8) is 0 Å². The highest BCUT2D eigenvalue weighted by molar-refractivity contribution is 5.95. The summed E-state index contributed by atoms with van der Waals surface area (Å²) in [6, 6.07) is 12.5. The van der Waals surface area contributed by atoms with Crippen LogP contribution in [0.15, 0.2) is 47.5 Å². The molecule has 1 amide bonds. The van der Waals surface area contributed by atoms with Gasteiger partial charge in [-0.2, -0.15) is 0 Å². The Morgan fingerprint density at radius 2 is 1.69 bits per heavy atom. The SMILES string of the molecule is CCOc1ccc(NC(=NC)NCCNC(=O)c2ccc(OC)cc2)cc1OC. The smallest absolute Gasteiger partial charge is 0.251 e. The van der Waals surface area contributed by atoms with E-state index in [-0.39, 0.29) is 5.91 Å². The molecule has 0 bridgehead atoms. The molecule has 0 fully saturated rings. The fourth-order valence-corrected chi connectivity index (χ4v) is 2.54. The third-order valence-electron chi connectivity index (χ3n) is 4.01. The molecule has 0 unspecified atom stereocenters. The van der Waals surface area contributed by atoms with Crippen LogP contribution in [-0.2, 0) is 0 Å². The number of aliphatic imine (C=N–C) groups is 1. The number of nitrogens with zero attached hydrogens (tertiary/aromatic N) is 1. The third-order valence-corrected chi connectivity index (χ3v) is 4.01. The van der Waals surface area contributed by atoms with Gasteiger partial charge in [-0.15, -0.1) is 0 Å². The molecule has 2 aromatic carbocycles. The second kappa shape index (κ2) is 11.4. The molecule has 2 aromatic rings. The van der Waals surface area contributed by atoms with E-state index in [1.165, 1.54) is 0 Å². The maximum atomic E-state index is 12.2. The summed E-state index contributed by atoms with van der Waals surface area (Å²) in [6.07, 6.45) is 0. The zero-order chi connectivity index (χ0) is 21.1. The van der Waals surface area contributed by atoms with Crippen LogP contribution < -0.4 is 30.2 Å². The molecular formula is C21H28N4O4. The lowest BCUT2D eigenvalue weighted by molar-refractivity contribution is 0.0954. The minimum Gasteiger partial charge on any atom is -0.497 e. The Morgan fingerprint density at radius 3 is 2.31 bits per heavy atom. The summed E-state index contributed by atoms with van der Waals surface area (Å²) < 4.78 is 16.0. The summed E-state index contributed by atoms with van der Waals surface area (Å²) >= 11 is 0. The number of nitrogens with one attached hydrogen (secondary N) is 3. The molecule has 0 atom stereocenters. The van der Waals surface area contributed by atoms with E-state index in [1.807, 2.05) is 25.1 Å². The molecule has 0 aliphatic heterocycles. The molecule has 0 spiro atoms. The second-order valence-corrected chi connectivity index (χ2v) is 5.91. The first-order valence-corrected chi connectivity index (χ1v) is 9.32. The van der Waals surface area contributed by atoms with Gasteiger partial charge in [-0.1, -0.05) is 0 Å². The number of hydrogen-bond donors (Lipinski definition) is 3. The molecule has 3 N–H and O–H groups in total. The molecule has 0 saturated heterocycles. The Hall–Kier alpha value is -3.42. The van der Waals surface area contributed by atoms with E-state index >= 15 is 0 Å². The first kappa shape index (κ1) is 21.9. The second-order valence-electron chi connectivity index (χ2n) is 5.91. The lowest BCUT2D eigenvalue weighted by atomic mass is 10.2. The lowest BCUT2D eigenvalue weighted by Gasteiger charge is -2.15. The van der Waals surface area contributed by atoms with Crippen LogP contribution in [0.5, 0.6) is 17.2 Å². The van der Waals surface area contributed by atoms with Crippen molar-refractivity contribution in [2.45, 2.75) is 6.92 Å². The first-order chi connectivity index (χ1) is 14.1. The van der Waals surface area contributed by atoms with Gasteiger partial charge in [0.25, 0.3) is 5.91 Å². The zero-order valence-electron chi connectivity index (χ0n) is 17.2. The number of carbonyl (C=O) groups is 1. The van der Waals surface area contributed by atoms with Crippen molar-refractivity contribution in [3.05, 3.63) is 48.0 Å². The van der Waals surface area contributed by atoms with E-state index in [2.05, 4.69) is 20.9 Å². The monoisotopic (exact) mass is 400 g/mol. The number of methoxy groups -OCH3 is 2. The van der Waals surface area contributed by atoms with Gasteiger partial charge in [-0.3, -0.25) is 9.79 Å². The van der Waals surface area contributed by atoms with Gasteiger partial charge in [0.05, 0.1) is 20.8 Å². The highest BCUT2D eigenvalue weighted by Gasteiger charge is 2.08. The van der Waals surface area contributed by atoms with Gasteiger partial charge in [0, 0.05) is 37.5 Å². The summed E-state index contributed by atoms with van der Waals surface area (Å²) in [5.74, 6) is 2.47. The van der Waals surface area contributed by atoms with Crippen molar-refractivity contribution in [1.29, 1.82) is 0 Å². The average molecular weight is 400 g/mol. The average Bonchev–Trinajstić information content (AvgIpc) is 2.76. The van der Waals surface area contributed by atoms with Crippen molar-refractivity contribution in [2.24, 2.45) is 4.99 Å². The molecule has 0 aromatic heterocycles. The first-order valence-electron chi connectivity index (χ1n) is 9.32. The highest BCUT2D eigenvalue weighted by Crippen LogP contribution is 2.30. The van der Waals surface area contributed by atoms with Crippen molar-refractivity contribution >= 4 is 17.6 Å². The Morgan fingerprint density at radius 1 is 0.966 bits per heavy atom. The highest BCUT2D eigenvalue weighted by atomic mass is 16.5. The van der Waals surface area contributed by atoms with Gasteiger partial charge in [0.2, 0.25) is 0 Å². The number of anilines is 1. The van der Waals surface area contributed by atoms with Crippen molar-refractivity contribution < 1.29 is 19.0 Å². The van der Waals surface area contributed by atoms with Gasteiger partial charge < -0.3 is 30.2 Å². The van der Waals surface area contributed by atoms with Gasteiger partial charge in [-0.05, 0) is 43.3 Å². The molecular weight excluding hydrogens is 372 g/mol. The molecule has 156 valence electrons. The lowest BCUT2D eigenvalue weighted by Crippen LogP contribution is -2.37. The third kappa shape index (κ3) is 6.60. The predicted molar refractivity (Wildman–Crippen MR) is 114 cm³/mol. The number of benzene rings is 2. The van der Waals surface area contributed by atoms with Gasteiger partial charge in [0.1, 0.15) is 5.75 Å². The maximum Gasteiger partial charge on any atom is 0.251 e. The molecule has 0 aliphatic rings. The Balaban J connectivity index is 1.82. The summed E-state index contributed by atoms with van der Waals surface area (Å²) in [4.78, 5) is 16.3. The van der Waals surface area contributed by atoms with E-state index in [4.69, 9.17) is 14.2 Å². The molecule has 8 heteroatoms. The van der Waals surface area contributed by atoms with Crippen LogP contribution in [0.4, 0.5) is 5.69 Å². The molecule has 0 saturated carbocycles. The van der Waals surface area contributed by atoms with Gasteiger partial charge >= 0.3 is 0 Å². The minimum atomic E-state index is -0.145. The standard InChI is InChI=1S/C21H28N4O4/c1-5-29-18-11-8-16(14-19(18)28-4)25-21(22-2)24-13-12-23-20(26)15-6-9-17(27-3)10-7-15/h6-11,14H,5,12-13H2,1-4H3,(H,23,26)(H2,22,24,25).